The fourth-order valence-corrected chi connectivity index (χ4v) is 2.89. The van der Waals surface area contributed by atoms with Gasteiger partial charge in [-0.1, -0.05) is 18.2 Å². The molecule has 0 saturated carbocycles. The molecule has 0 saturated heterocycles. The van der Waals surface area contributed by atoms with E-state index < -0.39 is 0 Å². The van der Waals surface area contributed by atoms with Gasteiger partial charge in [0.1, 0.15) is 12.4 Å². The van der Waals surface area contributed by atoms with E-state index in [1.165, 1.54) is 6.07 Å². The smallest absolute Gasteiger partial charge is 0.175 e. The number of hydrogen-bond acceptors (Lipinski definition) is 4. The second kappa shape index (κ2) is 9.35. The third-order valence-corrected chi connectivity index (χ3v) is 4.45. The number of halogens is 2. The Morgan fingerprint density at radius 1 is 1.19 bits per heavy atom. The normalized spacial score (nSPS) is 11.5. The largest absolute Gasteiger partial charge is 0.490 e. The number of nitrogens with one attached hydrogen (secondary N) is 1. The zero-order valence-corrected chi connectivity index (χ0v) is 16.9. The Morgan fingerprint density at radius 3 is 2.58 bits per heavy atom. The van der Waals surface area contributed by atoms with Crippen LogP contribution in [0.5, 0.6) is 11.5 Å². The molecule has 4 nitrogen and oxygen atoms in total. The maximum atomic E-state index is 13.8. The minimum Gasteiger partial charge on any atom is -0.490 e. The van der Waals surface area contributed by atoms with Crippen molar-refractivity contribution in [1.82, 2.24) is 5.32 Å². The van der Waals surface area contributed by atoms with E-state index in [1.807, 2.05) is 32.9 Å². The van der Waals surface area contributed by atoms with Crippen LogP contribution in [0.4, 0.5) is 4.39 Å². The van der Waals surface area contributed by atoms with Crippen LogP contribution in [0.3, 0.4) is 0 Å². The minimum atomic E-state index is -0.377. The number of rotatable bonds is 9. The maximum absolute atomic E-state index is 13.8. The average Bonchev–Trinajstić information content (AvgIpc) is 2.61. The van der Waals surface area contributed by atoms with E-state index in [-0.39, 0.29) is 24.6 Å². The summed E-state index contributed by atoms with van der Waals surface area (Å²) in [6.45, 7) is 6.96. The molecule has 6 heteroatoms. The van der Waals surface area contributed by atoms with Gasteiger partial charge in [-0.3, -0.25) is 0 Å². The Morgan fingerprint density at radius 2 is 1.92 bits per heavy atom. The molecular formula is C20H25BrFNO3. The van der Waals surface area contributed by atoms with E-state index in [9.17, 15) is 9.50 Å². The van der Waals surface area contributed by atoms with Crippen molar-refractivity contribution in [3.8, 4) is 11.5 Å². The van der Waals surface area contributed by atoms with E-state index in [1.54, 1.807) is 18.2 Å². The molecule has 0 heterocycles. The van der Waals surface area contributed by atoms with Crippen molar-refractivity contribution in [3.05, 3.63) is 57.8 Å². The number of benzene rings is 2. The minimum absolute atomic E-state index is 0.0380. The molecule has 0 fully saturated rings. The molecule has 0 atom stereocenters. The van der Waals surface area contributed by atoms with E-state index in [0.717, 1.165) is 10.0 Å². The van der Waals surface area contributed by atoms with E-state index >= 15 is 0 Å². The van der Waals surface area contributed by atoms with Crippen LogP contribution < -0.4 is 14.8 Å². The Kier molecular flexibility index (Phi) is 7.43. The highest BCUT2D eigenvalue weighted by Gasteiger charge is 2.17. The lowest BCUT2D eigenvalue weighted by atomic mass is 10.1. The Bertz CT molecular complexity index is 737. The van der Waals surface area contributed by atoms with Crippen LogP contribution in [-0.4, -0.2) is 23.9 Å². The summed E-state index contributed by atoms with van der Waals surface area (Å²) in [7, 11) is 0. The summed E-state index contributed by atoms with van der Waals surface area (Å²) in [5.41, 5.74) is 1.09. The summed E-state index contributed by atoms with van der Waals surface area (Å²) < 4.78 is 26.1. The zero-order valence-electron chi connectivity index (χ0n) is 15.3. The molecule has 26 heavy (non-hydrogen) atoms. The Labute approximate surface area is 162 Å². The van der Waals surface area contributed by atoms with Crippen molar-refractivity contribution in [2.24, 2.45) is 0 Å². The standard InChI is InChI=1S/C20H25BrFNO3/c1-4-25-18-10-14(11-23-20(2,3)13-24)9-16(21)19(18)26-12-15-7-5-6-8-17(15)22/h5-10,23-24H,4,11-13H2,1-3H3. The topological polar surface area (TPSA) is 50.7 Å². The number of ether oxygens (including phenoxy) is 2. The highest BCUT2D eigenvalue weighted by atomic mass is 79.9. The van der Waals surface area contributed by atoms with Crippen molar-refractivity contribution < 1.29 is 19.0 Å². The molecule has 2 N–H and O–H groups in total. The van der Waals surface area contributed by atoms with Crippen molar-refractivity contribution in [3.63, 3.8) is 0 Å². The third kappa shape index (κ3) is 5.69. The summed E-state index contributed by atoms with van der Waals surface area (Å²) in [6, 6.07) is 10.4. The summed E-state index contributed by atoms with van der Waals surface area (Å²) in [5, 5.41) is 12.7. The van der Waals surface area contributed by atoms with Gasteiger partial charge in [-0.05, 0) is 60.5 Å². The molecule has 0 radical (unpaired) electrons. The second-order valence-electron chi connectivity index (χ2n) is 6.61. The number of aliphatic hydroxyl groups excluding tert-OH is 1. The zero-order chi connectivity index (χ0) is 19.2. The first-order valence-electron chi connectivity index (χ1n) is 8.53. The SMILES string of the molecule is CCOc1cc(CNC(C)(C)CO)cc(Br)c1OCc1ccccc1F. The summed E-state index contributed by atoms with van der Waals surface area (Å²) in [4.78, 5) is 0. The van der Waals surface area contributed by atoms with Crippen molar-refractivity contribution in [2.75, 3.05) is 13.2 Å². The molecule has 0 unspecified atom stereocenters. The first-order valence-corrected chi connectivity index (χ1v) is 9.33. The molecule has 0 aromatic heterocycles. The quantitative estimate of drug-likeness (QED) is 0.623. The van der Waals surface area contributed by atoms with E-state index in [0.29, 0.717) is 30.2 Å². The monoisotopic (exact) mass is 425 g/mol. The molecule has 0 spiro atoms. The van der Waals surface area contributed by atoms with Crippen LogP contribution >= 0.6 is 15.9 Å². The molecule has 0 amide bonds. The second-order valence-corrected chi connectivity index (χ2v) is 7.47. The van der Waals surface area contributed by atoms with Gasteiger partial charge < -0.3 is 19.9 Å². The van der Waals surface area contributed by atoms with Gasteiger partial charge in [-0.15, -0.1) is 0 Å². The van der Waals surface area contributed by atoms with E-state index in [4.69, 9.17) is 9.47 Å². The van der Waals surface area contributed by atoms with Crippen LogP contribution in [-0.2, 0) is 13.2 Å². The predicted octanol–water partition coefficient (Wildman–Crippen LogP) is 4.43. The maximum Gasteiger partial charge on any atom is 0.175 e. The van der Waals surface area contributed by atoms with Gasteiger partial charge in [0.2, 0.25) is 0 Å². The summed E-state index contributed by atoms with van der Waals surface area (Å²) >= 11 is 3.52. The predicted molar refractivity (Wildman–Crippen MR) is 104 cm³/mol. The molecule has 0 bridgehead atoms. The van der Waals surface area contributed by atoms with Gasteiger partial charge in [0.15, 0.2) is 11.5 Å². The first kappa shape index (κ1) is 20.7. The molecule has 142 valence electrons. The van der Waals surface area contributed by atoms with Crippen molar-refractivity contribution >= 4 is 15.9 Å². The summed E-state index contributed by atoms with van der Waals surface area (Å²) in [6.07, 6.45) is 0. The van der Waals surface area contributed by atoms with E-state index in [2.05, 4.69) is 21.2 Å². The van der Waals surface area contributed by atoms with Crippen molar-refractivity contribution in [2.45, 2.75) is 39.5 Å². The number of aliphatic hydroxyl groups is 1. The van der Waals surface area contributed by atoms with Crippen molar-refractivity contribution in [1.29, 1.82) is 0 Å². The lowest BCUT2D eigenvalue weighted by Gasteiger charge is -2.24. The lowest BCUT2D eigenvalue weighted by molar-refractivity contribution is 0.187. The van der Waals surface area contributed by atoms with Gasteiger partial charge in [0.25, 0.3) is 0 Å². The van der Waals surface area contributed by atoms with Gasteiger partial charge in [-0.2, -0.15) is 0 Å². The molecule has 2 aromatic rings. The highest BCUT2D eigenvalue weighted by Crippen LogP contribution is 2.37. The van der Waals surface area contributed by atoms with Gasteiger partial charge >= 0.3 is 0 Å². The molecule has 0 aliphatic carbocycles. The molecule has 2 aromatic carbocycles. The third-order valence-electron chi connectivity index (χ3n) is 3.87. The first-order chi connectivity index (χ1) is 12.4. The van der Waals surface area contributed by atoms with Crippen LogP contribution in [0.2, 0.25) is 0 Å². The molecular weight excluding hydrogens is 401 g/mol. The Hall–Kier alpha value is -1.63. The van der Waals surface area contributed by atoms with Gasteiger partial charge in [-0.25, -0.2) is 4.39 Å². The molecule has 2 rings (SSSR count). The Balaban J connectivity index is 2.19. The fraction of sp³-hybridized carbons (Fsp3) is 0.400. The average molecular weight is 426 g/mol. The van der Waals surface area contributed by atoms with Crippen LogP contribution in [0.15, 0.2) is 40.9 Å². The lowest BCUT2D eigenvalue weighted by Crippen LogP contribution is -2.42. The van der Waals surface area contributed by atoms with Gasteiger partial charge in [0.05, 0.1) is 17.7 Å². The van der Waals surface area contributed by atoms with Crippen LogP contribution in [0.1, 0.15) is 31.9 Å². The molecule has 0 aliphatic rings. The summed E-state index contributed by atoms with van der Waals surface area (Å²) in [5.74, 6) is 0.839. The highest BCUT2D eigenvalue weighted by molar-refractivity contribution is 9.10. The van der Waals surface area contributed by atoms with Crippen LogP contribution in [0, 0.1) is 5.82 Å². The van der Waals surface area contributed by atoms with Crippen LogP contribution in [0.25, 0.3) is 0 Å². The fourth-order valence-electron chi connectivity index (χ4n) is 2.29. The molecule has 0 aliphatic heterocycles. The van der Waals surface area contributed by atoms with Gasteiger partial charge in [0, 0.05) is 17.6 Å². The number of hydrogen-bond donors (Lipinski definition) is 2.